The molecule has 5 nitrogen and oxygen atoms in total. The van der Waals surface area contributed by atoms with Crippen molar-refractivity contribution in [3.05, 3.63) is 0 Å². The highest BCUT2D eigenvalue weighted by Crippen LogP contribution is 1.97. The molecule has 0 aromatic heterocycles. The summed E-state index contributed by atoms with van der Waals surface area (Å²) in [4.78, 5) is 10.8. The number of halogens is 2. The Bertz CT molecular complexity index is 192. The lowest BCUT2D eigenvalue weighted by atomic mass is 10.4. The SMILES string of the molecule is CCOC(=O)COCCNCC(O)C(F)F. The first kappa shape index (κ1) is 15.2. The van der Waals surface area contributed by atoms with Crippen molar-refractivity contribution in [2.75, 3.05) is 32.9 Å². The molecule has 0 heterocycles. The Balaban J connectivity index is 3.24. The van der Waals surface area contributed by atoms with E-state index in [0.717, 1.165) is 0 Å². The number of nitrogens with one attached hydrogen (secondary N) is 1. The zero-order valence-corrected chi connectivity index (χ0v) is 9.12. The van der Waals surface area contributed by atoms with Crippen molar-refractivity contribution >= 4 is 5.97 Å². The summed E-state index contributed by atoms with van der Waals surface area (Å²) >= 11 is 0. The summed E-state index contributed by atoms with van der Waals surface area (Å²) in [5.41, 5.74) is 0. The van der Waals surface area contributed by atoms with Gasteiger partial charge in [0, 0.05) is 13.1 Å². The fraction of sp³-hybridized carbons (Fsp3) is 0.889. The van der Waals surface area contributed by atoms with Gasteiger partial charge in [-0.2, -0.15) is 0 Å². The molecular formula is C9H17F2NO4. The van der Waals surface area contributed by atoms with E-state index in [1.807, 2.05) is 0 Å². The molecule has 0 saturated heterocycles. The van der Waals surface area contributed by atoms with Crippen LogP contribution < -0.4 is 5.32 Å². The summed E-state index contributed by atoms with van der Waals surface area (Å²) < 4.78 is 33.1. The molecule has 0 spiro atoms. The predicted octanol–water partition coefficient (Wildman–Crippen LogP) is -0.218. The number of alkyl halides is 2. The van der Waals surface area contributed by atoms with Crippen LogP contribution in [0.3, 0.4) is 0 Å². The smallest absolute Gasteiger partial charge is 0.332 e. The minimum absolute atomic E-state index is 0.160. The Morgan fingerprint density at radius 3 is 2.75 bits per heavy atom. The Hall–Kier alpha value is -0.790. The third kappa shape index (κ3) is 8.51. The molecule has 0 bridgehead atoms. The summed E-state index contributed by atoms with van der Waals surface area (Å²) in [7, 11) is 0. The molecule has 16 heavy (non-hydrogen) atoms. The van der Waals surface area contributed by atoms with Crippen molar-refractivity contribution in [1.29, 1.82) is 0 Å². The lowest BCUT2D eigenvalue weighted by Crippen LogP contribution is -2.34. The first-order valence-corrected chi connectivity index (χ1v) is 4.98. The number of ether oxygens (including phenoxy) is 2. The van der Waals surface area contributed by atoms with Gasteiger partial charge in [-0.05, 0) is 6.92 Å². The van der Waals surface area contributed by atoms with Crippen LogP contribution in [0.1, 0.15) is 6.92 Å². The molecule has 0 radical (unpaired) electrons. The number of hydrogen-bond acceptors (Lipinski definition) is 5. The van der Waals surface area contributed by atoms with Crippen LogP contribution in [0.5, 0.6) is 0 Å². The van der Waals surface area contributed by atoms with Gasteiger partial charge in [0.05, 0.1) is 13.2 Å². The number of hydrogen-bond donors (Lipinski definition) is 2. The monoisotopic (exact) mass is 241 g/mol. The highest BCUT2D eigenvalue weighted by molar-refractivity contribution is 5.70. The van der Waals surface area contributed by atoms with Gasteiger partial charge in [0.15, 0.2) is 0 Å². The van der Waals surface area contributed by atoms with Gasteiger partial charge in [-0.3, -0.25) is 0 Å². The molecule has 1 unspecified atom stereocenters. The van der Waals surface area contributed by atoms with Gasteiger partial charge in [0.1, 0.15) is 12.7 Å². The number of esters is 1. The van der Waals surface area contributed by atoms with Crippen molar-refractivity contribution in [3.8, 4) is 0 Å². The van der Waals surface area contributed by atoms with Gasteiger partial charge in [-0.15, -0.1) is 0 Å². The number of carbonyl (C=O) groups excluding carboxylic acids is 1. The highest BCUT2D eigenvalue weighted by Gasteiger charge is 2.15. The van der Waals surface area contributed by atoms with E-state index >= 15 is 0 Å². The van der Waals surface area contributed by atoms with Gasteiger partial charge in [0.2, 0.25) is 0 Å². The minimum atomic E-state index is -2.76. The van der Waals surface area contributed by atoms with Crippen molar-refractivity contribution in [2.45, 2.75) is 19.5 Å². The fourth-order valence-electron chi connectivity index (χ4n) is 0.842. The third-order valence-electron chi connectivity index (χ3n) is 1.59. The van der Waals surface area contributed by atoms with Crippen LogP contribution in [-0.2, 0) is 14.3 Å². The Kier molecular flexibility index (Phi) is 8.97. The first-order chi connectivity index (χ1) is 7.57. The molecule has 0 rings (SSSR count). The van der Waals surface area contributed by atoms with E-state index in [0.29, 0.717) is 6.61 Å². The number of rotatable bonds is 9. The van der Waals surface area contributed by atoms with E-state index in [1.54, 1.807) is 6.92 Å². The minimum Gasteiger partial charge on any atom is -0.464 e. The largest absolute Gasteiger partial charge is 0.464 e. The standard InChI is InChI=1S/C9H17F2NO4/c1-2-16-8(14)6-15-4-3-12-5-7(13)9(10)11/h7,9,12-13H,2-6H2,1H3. The van der Waals surface area contributed by atoms with Gasteiger partial charge >= 0.3 is 5.97 Å². The number of aliphatic hydroxyl groups excluding tert-OH is 1. The predicted molar refractivity (Wildman–Crippen MR) is 52.3 cm³/mol. The maximum Gasteiger partial charge on any atom is 0.332 e. The average Bonchev–Trinajstić information content (AvgIpc) is 2.23. The van der Waals surface area contributed by atoms with Crippen LogP contribution in [0.4, 0.5) is 8.78 Å². The summed E-state index contributed by atoms with van der Waals surface area (Å²) in [5, 5.41) is 11.3. The molecule has 0 amide bonds. The van der Waals surface area contributed by atoms with Crippen LogP contribution in [0.15, 0.2) is 0 Å². The van der Waals surface area contributed by atoms with E-state index < -0.39 is 18.5 Å². The zero-order chi connectivity index (χ0) is 12.4. The van der Waals surface area contributed by atoms with Crippen LogP contribution in [0.25, 0.3) is 0 Å². The number of carbonyl (C=O) groups is 1. The molecule has 0 aromatic carbocycles. The molecule has 2 N–H and O–H groups in total. The van der Waals surface area contributed by atoms with Gasteiger partial charge in [-0.25, -0.2) is 13.6 Å². The summed E-state index contributed by atoms with van der Waals surface area (Å²) in [5.74, 6) is -0.463. The quantitative estimate of drug-likeness (QED) is 0.431. The molecular weight excluding hydrogens is 224 g/mol. The Labute approximate surface area is 92.7 Å². The van der Waals surface area contributed by atoms with Crippen LogP contribution in [0.2, 0.25) is 0 Å². The Morgan fingerprint density at radius 1 is 1.50 bits per heavy atom. The third-order valence-corrected chi connectivity index (χ3v) is 1.59. The molecule has 0 saturated carbocycles. The lowest BCUT2D eigenvalue weighted by Gasteiger charge is -2.10. The second kappa shape index (κ2) is 9.44. The van der Waals surface area contributed by atoms with Crippen molar-refractivity contribution in [2.24, 2.45) is 0 Å². The van der Waals surface area contributed by atoms with E-state index in [1.165, 1.54) is 0 Å². The van der Waals surface area contributed by atoms with E-state index in [4.69, 9.17) is 9.84 Å². The fourth-order valence-corrected chi connectivity index (χ4v) is 0.842. The number of aliphatic hydroxyl groups is 1. The van der Waals surface area contributed by atoms with Crippen molar-refractivity contribution < 1.29 is 28.2 Å². The van der Waals surface area contributed by atoms with Gasteiger partial charge in [0.25, 0.3) is 6.43 Å². The maximum atomic E-state index is 11.8. The van der Waals surface area contributed by atoms with Gasteiger partial charge in [-0.1, -0.05) is 0 Å². The van der Waals surface area contributed by atoms with E-state index in [-0.39, 0.29) is 26.3 Å². The second-order valence-corrected chi connectivity index (χ2v) is 2.96. The van der Waals surface area contributed by atoms with Crippen LogP contribution >= 0.6 is 0 Å². The normalized spacial score (nSPS) is 12.8. The molecule has 0 aromatic rings. The maximum absolute atomic E-state index is 11.8. The molecule has 96 valence electrons. The summed E-state index contributed by atoms with van der Waals surface area (Å²) in [6.07, 6.45) is -4.43. The van der Waals surface area contributed by atoms with E-state index in [9.17, 15) is 13.6 Å². The zero-order valence-electron chi connectivity index (χ0n) is 9.12. The molecule has 7 heteroatoms. The summed E-state index contributed by atoms with van der Waals surface area (Å²) in [6.45, 7) is 2.08. The van der Waals surface area contributed by atoms with Crippen molar-refractivity contribution in [3.63, 3.8) is 0 Å². The molecule has 0 aliphatic rings. The highest BCUT2D eigenvalue weighted by atomic mass is 19.3. The van der Waals surface area contributed by atoms with Crippen molar-refractivity contribution in [1.82, 2.24) is 5.32 Å². The van der Waals surface area contributed by atoms with Crippen LogP contribution in [0, 0.1) is 0 Å². The lowest BCUT2D eigenvalue weighted by molar-refractivity contribution is -0.148. The molecule has 0 fully saturated rings. The van der Waals surface area contributed by atoms with Gasteiger partial charge < -0.3 is 19.9 Å². The van der Waals surface area contributed by atoms with Crippen LogP contribution in [-0.4, -0.2) is 56.5 Å². The molecule has 0 aliphatic heterocycles. The molecule has 1 atom stereocenters. The second-order valence-electron chi connectivity index (χ2n) is 2.96. The average molecular weight is 241 g/mol. The topological polar surface area (TPSA) is 67.8 Å². The summed E-state index contributed by atoms with van der Waals surface area (Å²) in [6, 6.07) is 0. The first-order valence-electron chi connectivity index (χ1n) is 4.98. The molecule has 0 aliphatic carbocycles. The van der Waals surface area contributed by atoms with E-state index in [2.05, 4.69) is 10.1 Å². The Morgan fingerprint density at radius 2 is 2.19 bits per heavy atom.